The van der Waals surface area contributed by atoms with Gasteiger partial charge in [-0.3, -0.25) is 4.79 Å². The SMILES string of the molecule is CC(=O)N[C@H]1[C@@H](OCc2ccccc2)O[C@@H](COCc2ccccc2)[C@H](O[C@H]2O[C@H]3CO[C@@H](c4ccccc4)O[C@H]3[C@@H](OC(=O)c3ccccc3)[C@@H]2O[C@@H]2O[C@@H](C)[C@H](OCc3ccccc3)[C@H](OCc3ccccc3)[C@@H]2OCc2ccccc2)[C@H]1OCc1ccccc1. The molecule has 0 radical (unpaired) electrons. The first kappa shape index (κ1) is 65.3. The Morgan fingerprint density at radius 1 is 0.419 bits per heavy atom. The molecule has 93 heavy (non-hydrogen) atoms. The molecule has 4 aliphatic rings. The number of rotatable bonds is 27. The molecule has 4 saturated heterocycles. The number of ether oxygens (including phenoxy) is 14. The van der Waals surface area contributed by atoms with Crippen molar-refractivity contribution in [2.24, 2.45) is 0 Å². The highest BCUT2D eigenvalue weighted by Gasteiger charge is 2.59. The molecule has 0 aliphatic carbocycles. The molecule has 0 unspecified atom stereocenters. The Hall–Kier alpha value is -7.82. The van der Waals surface area contributed by atoms with Crippen LogP contribution in [0.3, 0.4) is 0 Å². The Kier molecular flexibility index (Phi) is 23.0. The van der Waals surface area contributed by atoms with Crippen molar-refractivity contribution in [1.29, 1.82) is 0 Å². The molecule has 0 spiro atoms. The average Bonchev–Trinajstić information content (AvgIpc) is 0.828. The summed E-state index contributed by atoms with van der Waals surface area (Å²) in [5.74, 6) is -1.05. The second-order valence-corrected chi connectivity index (χ2v) is 23.5. The Morgan fingerprint density at radius 2 is 0.849 bits per heavy atom. The van der Waals surface area contributed by atoms with E-state index in [1.165, 1.54) is 6.92 Å². The van der Waals surface area contributed by atoms with Gasteiger partial charge >= 0.3 is 5.97 Å². The molecule has 8 aromatic carbocycles. The number of hydrogen-bond donors (Lipinski definition) is 1. The molecule has 4 aliphatic heterocycles. The number of esters is 1. The highest BCUT2D eigenvalue weighted by atomic mass is 16.8. The van der Waals surface area contributed by atoms with E-state index >= 15 is 4.79 Å². The summed E-state index contributed by atoms with van der Waals surface area (Å²) in [7, 11) is 0. The van der Waals surface area contributed by atoms with Gasteiger partial charge in [0.2, 0.25) is 5.91 Å². The molecule has 4 heterocycles. The monoisotopic (exact) mass is 1260 g/mol. The van der Waals surface area contributed by atoms with Crippen LogP contribution in [0.5, 0.6) is 0 Å². The van der Waals surface area contributed by atoms with Crippen molar-refractivity contribution >= 4 is 11.9 Å². The number of carbonyl (C=O) groups excluding carboxylic acids is 2. The van der Waals surface area contributed by atoms with Gasteiger partial charge in [0.15, 0.2) is 37.4 Å². The van der Waals surface area contributed by atoms with E-state index in [0.29, 0.717) is 0 Å². The van der Waals surface area contributed by atoms with E-state index < -0.39 is 104 Å². The molecule has 0 aromatic heterocycles. The van der Waals surface area contributed by atoms with Gasteiger partial charge in [-0.25, -0.2) is 4.79 Å². The van der Waals surface area contributed by atoms with E-state index in [-0.39, 0.29) is 64.3 Å². The van der Waals surface area contributed by atoms with Crippen LogP contribution in [0.1, 0.15) is 69.4 Å². The molecule has 16 atom stereocenters. The predicted molar refractivity (Wildman–Crippen MR) is 342 cm³/mol. The fourth-order valence-corrected chi connectivity index (χ4v) is 12.1. The zero-order valence-electron chi connectivity index (χ0n) is 52.0. The lowest BCUT2D eigenvalue weighted by Gasteiger charge is -2.53. The molecule has 17 nitrogen and oxygen atoms in total. The van der Waals surface area contributed by atoms with Crippen molar-refractivity contribution < 1.29 is 75.9 Å². The highest BCUT2D eigenvalue weighted by Crippen LogP contribution is 2.42. The van der Waals surface area contributed by atoms with Crippen LogP contribution in [0.2, 0.25) is 0 Å². The molecule has 484 valence electrons. The van der Waals surface area contributed by atoms with Gasteiger partial charge in [0, 0.05) is 12.5 Å². The maximum atomic E-state index is 15.0. The third-order valence-electron chi connectivity index (χ3n) is 16.7. The highest BCUT2D eigenvalue weighted by molar-refractivity contribution is 5.89. The minimum absolute atomic E-state index is 0.0333. The van der Waals surface area contributed by atoms with Gasteiger partial charge in [-0.05, 0) is 52.4 Å². The van der Waals surface area contributed by atoms with Gasteiger partial charge in [-0.2, -0.15) is 0 Å². The molecule has 1 N–H and O–H groups in total. The minimum Gasteiger partial charge on any atom is -0.453 e. The molecule has 8 aromatic rings. The maximum Gasteiger partial charge on any atom is 0.338 e. The van der Waals surface area contributed by atoms with E-state index in [4.69, 9.17) is 66.3 Å². The summed E-state index contributed by atoms with van der Waals surface area (Å²) in [6.45, 7) is 4.18. The second kappa shape index (κ2) is 32.8. The molecule has 0 bridgehead atoms. The van der Waals surface area contributed by atoms with Crippen molar-refractivity contribution in [1.82, 2.24) is 5.32 Å². The van der Waals surface area contributed by atoms with Crippen molar-refractivity contribution in [3.8, 4) is 0 Å². The van der Waals surface area contributed by atoms with Crippen LogP contribution in [0.25, 0.3) is 0 Å². The summed E-state index contributed by atoms with van der Waals surface area (Å²) >= 11 is 0. The number of benzene rings is 8. The molecular weight excluding hydrogens is 1180 g/mol. The Bertz CT molecular complexity index is 3500. The van der Waals surface area contributed by atoms with Crippen LogP contribution in [0.15, 0.2) is 243 Å². The average molecular weight is 1260 g/mol. The standard InChI is InChI=1S/C76H79NO16/c1-51-64(81-44-54-29-13-4-14-30-54)68(83-46-56-33-17-6-18-34-56)70(84-47-57-35-19-7-20-36-57)75(87-51)93-71-69(90-72(79)59-39-23-9-24-40-59)66-62(50-86-73(91-66)60-41-25-10-26-42-60)89-76(71)92-65-61(49-80-43-53-27-11-3-12-28-53)88-74(85-48-58-37-21-8-22-38-58)63(77-52(2)78)67(65)82-45-55-31-15-5-16-32-55/h3-42,51,61-71,73-76H,43-50H2,1-2H3,(H,77,78)/t51-,61-,62-,63+,64-,65-,66+,67-,68-,69+,70-,71-,73+,74-,75-,76+/m0/s1. The van der Waals surface area contributed by atoms with Crippen LogP contribution < -0.4 is 5.32 Å². The van der Waals surface area contributed by atoms with Crippen LogP contribution >= 0.6 is 0 Å². The summed E-state index contributed by atoms with van der Waals surface area (Å²) in [4.78, 5) is 28.7. The number of hydrogen-bond acceptors (Lipinski definition) is 16. The van der Waals surface area contributed by atoms with Crippen LogP contribution in [-0.2, 0) is 111 Å². The number of amides is 1. The zero-order valence-corrected chi connectivity index (χ0v) is 52.0. The minimum atomic E-state index is -1.50. The van der Waals surface area contributed by atoms with E-state index in [1.807, 2.05) is 225 Å². The van der Waals surface area contributed by atoms with E-state index in [9.17, 15) is 4.79 Å². The van der Waals surface area contributed by atoms with E-state index in [1.54, 1.807) is 24.3 Å². The third kappa shape index (κ3) is 17.5. The summed E-state index contributed by atoms with van der Waals surface area (Å²) < 4.78 is 98.5. The lowest BCUT2D eigenvalue weighted by Crippen LogP contribution is -2.70. The van der Waals surface area contributed by atoms with Crippen LogP contribution in [0, 0.1) is 0 Å². The first-order valence-electron chi connectivity index (χ1n) is 31.8. The fourth-order valence-electron chi connectivity index (χ4n) is 12.1. The maximum absolute atomic E-state index is 15.0. The summed E-state index contributed by atoms with van der Waals surface area (Å²) in [6.07, 6.45) is -16.2. The van der Waals surface area contributed by atoms with Crippen molar-refractivity contribution in [3.63, 3.8) is 0 Å². The number of carbonyl (C=O) groups is 2. The third-order valence-corrected chi connectivity index (χ3v) is 16.7. The number of nitrogens with one attached hydrogen (secondary N) is 1. The molecule has 4 fully saturated rings. The fraction of sp³-hybridized carbons (Fsp3) is 0.342. The molecule has 12 rings (SSSR count). The smallest absolute Gasteiger partial charge is 0.338 e. The van der Waals surface area contributed by atoms with Gasteiger partial charge in [0.05, 0.1) is 64.5 Å². The first-order chi connectivity index (χ1) is 45.8. The van der Waals surface area contributed by atoms with Gasteiger partial charge in [0.25, 0.3) is 0 Å². The van der Waals surface area contributed by atoms with Crippen molar-refractivity contribution in [3.05, 3.63) is 287 Å². The van der Waals surface area contributed by atoms with Crippen molar-refractivity contribution in [2.75, 3.05) is 13.2 Å². The second-order valence-electron chi connectivity index (χ2n) is 23.5. The zero-order chi connectivity index (χ0) is 63.6. The lowest BCUT2D eigenvalue weighted by molar-refractivity contribution is -0.409. The summed E-state index contributed by atoms with van der Waals surface area (Å²) in [5.41, 5.74) is 6.38. The van der Waals surface area contributed by atoms with Gasteiger partial charge in [-0.1, -0.05) is 231 Å². The molecule has 17 heteroatoms. The summed E-state index contributed by atoms with van der Waals surface area (Å²) in [5, 5.41) is 3.13. The van der Waals surface area contributed by atoms with E-state index in [0.717, 1.165) is 38.9 Å². The lowest BCUT2D eigenvalue weighted by atomic mass is 9.94. The van der Waals surface area contributed by atoms with Gasteiger partial charge in [0.1, 0.15) is 54.9 Å². The quantitative estimate of drug-likeness (QED) is 0.0481. The van der Waals surface area contributed by atoms with Crippen LogP contribution in [-0.4, -0.2) is 117 Å². The Morgan fingerprint density at radius 3 is 1.37 bits per heavy atom. The topological polar surface area (TPSA) is 175 Å². The number of fused-ring (bicyclic) bond motifs is 1. The molecule has 0 saturated carbocycles. The molecule has 1 amide bonds. The molecular formula is C76H79NO16. The largest absolute Gasteiger partial charge is 0.453 e. The Labute approximate surface area is 542 Å². The van der Waals surface area contributed by atoms with Gasteiger partial charge < -0.3 is 71.6 Å². The van der Waals surface area contributed by atoms with Crippen molar-refractivity contribution in [2.45, 2.75) is 152 Å². The summed E-state index contributed by atoms with van der Waals surface area (Å²) in [6, 6.07) is 75.9. The van der Waals surface area contributed by atoms with Crippen LogP contribution in [0.4, 0.5) is 0 Å². The first-order valence-corrected chi connectivity index (χ1v) is 31.8. The van der Waals surface area contributed by atoms with Gasteiger partial charge in [-0.15, -0.1) is 0 Å². The Balaban J connectivity index is 0.975. The normalized spacial score (nSPS) is 27.7. The predicted octanol–water partition coefficient (Wildman–Crippen LogP) is 11.6. The van der Waals surface area contributed by atoms with E-state index in [2.05, 4.69) is 5.32 Å².